The third-order valence-corrected chi connectivity index (χ3v) is 3.36. The standard InChI is InChI=1S/C15H22FNO/c1-10(2)14(9-17-12-7-8-12)18-13-6-4-5-11(3)15(13)16/h4-6,10,12,14,17H,7-9H2,1-3H3. The van der Waals surface area contributed by atoms with E-state index >= 15 is 0 Å². The van der Waals surface area contributed by atoms with Gasteiger partial charge in [-0.1, -0.05) is 26.0 Å². The summed E-state index contributed by atoms with van der Waals surface area (Å²) in [4.78, 5) is 0. The molecule has 1 fully saturated rings. The molecule has 1 saturated carbocycles. The largest absolute Gasteiger partial charge is 0.486 e. The lowest BCUT2D eigenvalue weighted by molar-refractivity contribution is 0.142. The van der Waals surface area contributed by atoms with Crippen molar-refractivity contribution in [2.45, 2.75) is 45.8 Å². The maximum absolute atomic E-state index is 13.9. The molecule has 100 valence electrons. The van der Waals surface area contributed by atoms with Gasteiger partial charge in [-0.15, -0.1) is 0 Å². The Labute approximate surface area is 109 Å². The summed E-state index contributed by atoms with van der Waals surface area (Å²) in [5, 5.41) is 3.44. The molecule has 1 aliphatic rings. The quantitative estimate of drug-likeness (QED) is 0.837. The lowest BCUT2D eigenvalue weighted by Crippen LogP contribution is -2.36. The summed E-state index contributed by atoms with van der Waals surface area (Å²) < 4.78 is 19.7. The summed E-state index contributed by atoms with van der Waals surface area (Å²) in [5.41, 5.74) is 0.630. The molecule has 1 unspecified atom stereocenters. The average molecular weight is 251 g/mol. The summed E-state index contributed by atoms with van der Waals surface area (Å²) in [5.74, 6) is 0.483. The van der Waals surface area contributed by atoms with Crippen LogP contribution in [0.3, 0.4) is 0 Å². The molecule has 0 aromatic heterocycles. The third kappa shape index (κ3) is 3.45. The Morgan fingerprint density at radius 2 is 2.11 bits per heavy atom. The van der Waals surface area contributed by atoms with Crippen LogP contribution in [-0.2, 0) is 0 Å². The number of hydrogen-bond acceptors (Lipinski definition) is 2. The number of ether oxygens (including phenoxy) is 1. The van der Waals surface area contributed by atoms with E-state index in [-0.39, 0.29) is 11.9 Å². The predicted molar refractivity (Wildman–Crippen MR) is 71.4 cm³/mol. The zero-order valence-electron chi connectivity index (χ0n) is 11.4. The Balaban J connectivity index is 2.00. The van der Waals surface area contributed by atoms with Crippen LogP contribution in [0.15, 0.2) is 18.2 Å². The Morgan fingerprint density at radius 3 is 2.72 bits per heavy atom. The van der Waals surface area contributed by atoms with Gasteiger partial charge in [-0.2, -0.15) is 0 Å². The van der Waals surface area contributed by atoms with E-state index in [0.717, 1.165) is 6.54 Å². The second-order valence-electron chi connectivity index (χ2n) is 5.47. The van der Waals surface area contributed by atoms with Crippen LogP contribution in [0.2, 0.25) is 0 Å². The highest BCUT2D eigenvalue weighted by atomic mass is 19.1. The van der Waals surface area contributed by atoms with Crippen molar-refractivity contribution in [3.8, 4) is 5.75 Å². The second-order valence-corrected chi connectivity index (χ2v) is 5.47. The number of halogens is 1. The Kier molecular flexibility index (Phi) is 4.23. The molecule has 0 aliphatic heterocycles. The second kappa shape index (κ2) is 5.70. The zero-order chi connectivity index (χ0) is 13.1. The number of hydrogen-bond donors (Lipinski definition) is 1. The monoisotopic (exact) mass is 251 g/mol. The molecule has 1 aromatic carbocycles. The normalized spacial score (nSPS) is 16.9. The van der Waals surface area contributed by atoms with Crippen LogP contribution in [0.4, 0.5) is 4.39 Å². The van der Waals surface area contributed by atoms with Crippen molar-refractivity contribution in [2.24, 2.45) is 5.92 Å². The molecule has 18 heavy (non-hydrogen) atoms. The fourth-order valence-electron chi connectivity index (χ4n) is 1.86. The van der Waals surface area contributed by atoms with Crippen molar-refractivity contribution in [2.75, 3.05) is 6.54 Å². The van der Waals surface area contributed by atoms with Crippen molar-refractivity contribution in [1.82, 2.24) is 5.32 Å². The first-order chi connectivity index (χ1) is 8.58. The minimum atomic E-state index is -0.241. The number of nitrogens with one attached hydrogen (secondary N) is 1. The zero-order valence-corrected chi connectivity index (χ0v) is 11.4. The molecule has 3 heteroatoms. The smallest absolute Gasteiger partial charge is 0.167 e. The first-order valence-electron chi connectivity index (χ1n) is 6.73. The SMILES string of the molecule is Cc1cccc(OC(CNC2CC2)C(C)C)c1F. The van der Waals surface area contributed by atoms with Gasteiger partial charge in [0.2, 0.25) is 0 Å². The molecule has 0 bridgehead atoms. The van der Waals surface area contributed by atoms with Crippen LogP contribution in [0.25, 0.3) is 0 Å². The van der Waals surface area contributed by atoms with Crippen LogP contribution in [0.5, 0.6) is 5.75 Å². The van der Waals surface area contributed by atoms with Crippen molar-refractivity contribution in [3.05, 3.63) is 29.6 Å². The molecule has 0 spiro atoms. The van der Waals surface area contributed by atoms with Gasteiger partial charge in [0.05, 0.1) is 0 Å². The van der Waals surface area contributed by atoms with E-state index in [9.17, 15) is 4.39 Å². The maximum atomic E-state index is 13.9. The summed E-state index contributed by atoms with van der Waals surface area (Å²) >= 11 is 0. The minimum absolute atomic E-state index is 0.0156. The first-order valence-corrected chi connectivity index (χ1v) is 6.73. The first kappa shape index (κ1) is 13.3. The Bertz CT molecular complexity index is 401. The summed E-state index contributed by atoms with van der Waals surface area (Å²) in [6.45, 7) is 6.75. The van der Waals surface area contributed by atoms with Gasteiger partial charge in [0.1, 0.15) is 6.10 Å². The summed E-state index contributed by atoms with van der Waals surface area (Å²) in [6, 6.07) is 5.95. The Hall–Kier alpha value is -1.09. The predicted octanol–water partition coefficient (Wildman–Crippen LogP) is 3.29. The molecular formula is C15H22FNO. The van der Waals surface area contributed by atoms with E-state index in [2.05, 4.69) is 19.2 Å². The number of rotatable bonds is 6. The third-order valence-electron chi connectivity index (χ3n) is 3.36. The van der Waals surface area contributed by atoms with Gasteiger partial charge in [-0.3, -0.25) is 0 Å². The number of aryl methyl sites for hydroxylation is 1. The van der Waals surface area contributed by atoms with Gasteiger partial charge in [0, 0.05) is 12.6 Å². The van der Waals surface area contributed by atoms with Crippen molar-refractivity contribution in [3.63, 3.8) is 0 Å². The fourth-order valence-corrected chi connectivity index (χ4v) is 1.86. The number of benzene rings is 1. The van der Waals surface area contributed by atoms with Crippen LogP contribution >= 0.6 is 0 Å². The molecule has 2 nitrogen and oxygen atoms in total. The molecule has 0 amide bonds. The van der Waals surface area contributed by atoms with Crippen LogP contribution < -0.4 is 10.1 Å². The van der Waals surface area contributed by atoms with E-state index in [4.69, 9.17) is 4.74 Å². The van der Waals surface area contributed by atoms with Gasteiger partial charge in [0.15, 0.2) is 11.6 Å². The van der Waals surface area contributed by atoms with Crippen molar-refractivity contribution < 1.29 is 9.13 Å². The van der Waals surface area contributed by atoms with Crippen molar-refractivity contribution >= 4 is 0 Å². The highest BCUT2D eigenvalue weighted by Gasteiger charge is 2.24. The highest BCUT2D eigenvalue weighted by Crippen LogP contribution is 2.23. The molecule has 0 radical (unpaired) electrons. The molecular weight excluding hydrogens is 229 g/mol. The van der Waals surface area contributed by atoms with E-state index in [1.807, 2.05) is 6.07 Å². The van der Waals surface area contributed by atoms with Crippen LogP contribution in [0.1, 0.15) is 32.3 Å². The Morgan fingerprint density at radius 1 is 1.39 bits per heavy atom. The summed E-state index contributed by atoms with van der Waals surface area (Å²) in [6.07, 6.45) is 2.52. The molecule has 1 aliphatic carbocycles. The molecule has 1 aromatic rings. The molecule has 1 N–H and O–H groups in total. The topological polar surface area (TPSA) is 21.3 Å². The van der Waals surface area contributed by atoms with E-state index in [0.29, 0.717) is 23.3 Å². The van der Waals surface area contributed by atoms with E-state index in [1.54, 1.807) is 19.1 Å². The van der Waals surface area contributed by atoms with Crippen molar-refractivity contribution in [1.29, 1.82) is 0 Å². The molecule has 0 heterocycles. The van der Waals surface area contributed by atoms with Gasteiger partial charge in [-0.05, 0) is 37.3 Å². The van der Waals surface area contributed by atoms with Gasteiger partial charge in [-0.25, -0.2) is 4.39 Å². The average Bonchev–Trinajstić information content (AvgIpc) is 3.13. The maximum Gasteiger partial charge on any atom is 0.167 e. The highest BCUT2D eigenvalue weighted by molar-refractivity contribution is 5.30. The molecule has 1 atom stereocenters. The minimum Gasteiger partial charge on any atom is -0.486 e. The van der Waals surface area contributed by atoms with Crippen LogP contribution in [0, 0.1) is 18.7 Å². The molecule has 2 rings (SSSR count). The molecule has 0 saturated heterocycles. The lowest BCUT2D eigenvalue weighted by Gasteiger charge is -2.23. The van der Waals surface area contributed by atoms with Gasteiger partial charge >= 0.3 is 0 Å². The van der Waals surface area contributed by atoms with Gasteiger partial charge in [0.25, 0.3) is 0 Å². The van der Waals surface area contributed by atoms with E-state index < -0.39 is 0 Å². The fraction of sp³-hybridized carbons (Fsp3) is 0.600. The van der Waals surface area contributed by atoms with Gasteiger partial charge < -0.3 is 10.1 Å². The van der Waals surface area contributed by atoms with Crippen LogP contribution in [-0.4, -0.2) is 18.7 Å². The lowest BCUT2D eigenvalue weighted by atomic mass is 10.1. The van der Waals surface area contributed by atoms with E-state index in [1.165, 1.54) is 12.8 Å². The summed E-state index contributed by atoms with van der Waals surface area (Å²) in [7, 11) is 0.